The normalized spacial score (nSPS) is 12.9. The average molecular weight is 193 g/mol. The molecule has 0 radical (unpaired) electrons. The molecule has 0 saturated carbocycles. The van der Waals surface area contributed by atoms with Crippen LogP contribution in [0.25, 0.3) is 0 Å². The molecule has 0 aliphatic carbocycles. The Morgan fingerprint density at radius 2 is 1.20 bits per heavy atom. The van der Waals surface area contributed by atoms with Crippen LogP contribution in [0.4, 0.5) is 0 Å². The third-order valence-electron chi connectivity index (χ3n) is 0. The molecule has 0 amide bonds. The molecule has 0 bridgehead atoms. The largest absolute Gasteiger partial charge is 0.286 e. The highest BCUT2D eigenvalue weighted by Crippen LogP contribution is 1.60. The first kappa shape index (κ1) is 9.82. The fraction of sp³-hybridized carbons (Fsp3) is 1.00. The van der Waals surface area contributed by atoms with E-state index in [1.807, 2.05) is 0 Å². The summed E-state index contributed by atoms with van der Waals surface area (Å²) < 4.78 is 58.2. The molecule has 0 saturated heterocycles. The van der Waals surface area contributed by atoms with Gasteiger partial charge in [0.2, 0.25) is 0 Å². The second-order valence-corrected chi connectivity index (χ2v) is 3.94. The zero-order valence-corrected chi connectivity index (χ0v) is 6.68. The molecule has 0 aromatic heterocycles. The van der Waals surface area contributed by atoms with Crippen LogP contribution in [0.2, 0.25) is 0 Å². The number of rotatable bonds is 0. The molecule has 0 atom stereocenters. The molecule has 0 aromatic rings. The van der Waals surface area contributed by atoms with E-state index >= 15 is 0 Å². The molecule has 64 valence electrons. The van der Waals surface area contributed by atoms with Crippen molar-refractivity contribution in [3.05, 3.63) is 0 Å². The van der Waals surface area contributed by atoms with Crippen LogP contribution in [0.1, 0.15) is 1.37 Å². The van der Waals surface area contributed by atoms with Gasteiger partial charge in [0.05, 0.1) is 12.5 Å². The van der Waals surface area contributed by atoms with Crippen molar-refractivity contribution in [3.8, 4) is 0 Å². The van der Waals surface area contributed by atoms with Crippen LogP contribution in [0, 0.1) is 0 Å². The molecule has 0 heterocycles. The third kappa shape index (κ3) is 11200. The van der Waals surface area contributed by atoms with E-state index in [-0.39, 0.29) is 0 Å². The lowest BCUT2D eigenvalue weighted by Gasteiger charge is -1.69. The Kier molecular flexibility index (Phi) is 3.79. The molecular formula is C2H8O6S2. The van der Waals surface area contributed by atoms with E-state index in [9.17, 15) is 16.8 Å². The quantitative estimate of drug-likeness (QED) is 0.478. The lowest BCUT2D eigenvalue weighted by Crippen LogP contribution is -1.88. The standard InChI is InChI=1S/2CH4O3S/c2*1-5(2,3)4/h2*1H3,(H,2,3,4)/i1D;. The molecule has 0 spiro atoms. The summed E-state index contributed by atoms with van der Waals surface area (Å²) in [4.78, 5) is 0. The predicted octanol–water partition coefficient (Wildman–Crippen LogP) is -0.992. The number of hydrogen-bond acceptors (Lipinski definition) is 4. The van der Waals surface area contributed by atoms with E-state index in [0.717, 1.165) is 0 Å². The maximum Gasteiger partial charge on any atom is 0.261 e. The van der Waals surface area contributed by atoms with Crippen LogP contribution in [-0.4, -0.2) is 38.4 Å². The average Bonchev–Trinajstić information content (AvgIpc) is 1.59. The van der Waals surface area contributed by atoms with Gasteiger partial charge in [-0.15, -0.1) is 0 Å². The minimum atomic E-state index is -4.00. The van der Waals surface area contributed by atoms with Gasteiger partial charge in [0.1, 0.15) is 0 Å². The smallest absolute Gasteiger partial charge is 0.261 e. The van der Waals surface area contributed by atoms with Crippen molar-refractivity contribution in [1.29, 1.82) is 0 Å². The highest BCUT2D eigenvalue weighted by Gasteiger charge is 1.81. The maximum atomic E-state index is 9.37. The van der Waals surface area contributed by atoms with Crippen molar-refractivity contribution in [2.75, 3.05) is 12.5 Å². The van der Waals surface area contributed by atoms with E-state index in [1.165, 1.54) is 0 Å². The fourth-order valence-corrected chi connectivity index (χ4v) is 0. The third-order valence-corrected chi connectivity index (χ3v) is 0. The van der Waals surface area contributed by atoms with E-state index < -0.39 is 26.5 Å². The summed E-state index contributed by atoms with van der Waals surface area (Å²) in [7, 11) is -7.66. The Labute approximate surface area is 60.8 Å². The minimum Gasteiger partial charge on any atom is -0.286 e. The van der Waals surface area contributed by atoms with E-state index in [2.05, 4.69) is 0 Å². The molecule has 10 heavy (non-hydrogen) atoms. The molecule has 2 N–H and O–H groups in total. The van der Waals surface area contributed by atoms with Gasteiger partial charge in [-0.05, 0) is 0 Å². The highest BCUT2D eigenvalue weighted by atomic mass is 32.2. The summed E-state index contributed by atoms with van der Waals surface area (Å²) in [5.41, 5.74) is 0. The van der Waals surface area contributed by atoms with Gasteiger partial charge in [-0.2, -0.15) is 16.8 Å². The van der Waals surface area contributed by atoms with E-state index in [0.29, 0.717) is 6.26 Å². The monoisotopic (exact) mass is 193 g/mol. The summed E-state index contributed by atoms with van der Waals surface area (Å²) in [6, 6.07) is 0. The van der Waals surface area contributed by atoms with Crippen LogP contribution < -0.4 is 0 Å². The van der Waals surface area contributed by atoms with Crippen LogP contribution >= 0.6 is 0 Å². The maximum absolute atomic E-state index is 9.37. The molecular weight excluding hydrogens is 184 g/mol. The molecule has 8 heteroatoms. The van der Waals surface area contributed by atoms with Gasteiger partial charge in [0.15, 0.2) is 0 Å². The van der Waals surface area contributed by atoms with E-state index in [1.54, 1.807) is 0 Å². The van der Waals surface area contributed by atoms with Crippen LogP contribution in [0.15, 0.2) is 0 Å². The van der Waals surface area contributed by atoms with Gasteiger partial charge in [0.25, 0.3) is 20.2 Å². The first-order valence-corrected chi connectivity index (χ1v) is 5.19. The molecule has 0 aliphatic heterocycles. The molecule has 0 rings (SSSR count). The van der Waals surface area contributed by atoms with Crippen molar-refractivity contribution in [2.24, 2.45) is 0 Å². The summed E-state index contributed by atoms with van der Waals surface area (Å²) in [6.07, 6.45) is -0.236. The molecule has 0 fully saturated rings. The Hall–Kier alpha value is -0.180. The molecule has 0 aliphatic rings. The van der Waals surface area contributed by atoms with Gasteiger partial charge in [-0.25, -0.2) is 0 Å². The van der Waals surface area contributed by atoms with Gasteiger partial charge >= 0.3 is 0 Å². The molecule has 0 aromatic carbocycles. The Morgan fingerprint density at radius 1 is 1.10 bits per heavy atom. The summed E-state index contributed by atoms with van der Waals surface area (Å²) >= 11 is 0. The lowest BCUT2D eigenvalue weighted by atomic mass is 12.0. The van der Waals surface area contributed by atoms with Gasteiger partial charge in [-0.3, -0.25) is 9.11 Å². The van der Waals surface area contributed by atoms with Gasteiger partial charge in [0, 0.05) is 1.37 Å². The topological polar surface area (TPSA) is 109 Å². The van der Waals surface area contributed by atoms with Crippen LogP contribution in [-0.2, 0) is 20.2 Å². The van der Waals surface area contributed by atoms with Crippen molar-refractivity contribution in [2.45, 2.75) is 0 Å². The second-order valence-electron chi connectivity index (χ2n) is 1.31. The van der Waals surface area contributed by atoms with Gasteiger partial charge in [-0.1, -0.05) is 0 Å². The molecule has 0 unspecified atom stereocenters. The van der Waals surface area contributed by atoms with E-state index in [4.69, 9.17) is 10.5 Å². The van der Waals surface area contributed by atoms with Crippen molar-refractivity contribution in [1.82, 2.24) is 0 Å². The first-order valence-electron chi connectivity index (χ1n) is 2.44. The summed E-state index contributed by atoms with van der Waals surface area (Å²) in [5.74, 6) is 0. The number of hydrogen-bond donors (Lipinski definition) is 2. The fourth-order valence-electron chi connectivity index (χ4n) is 0. The zero-order valence-electron chi connectivity index (χ0n) is 6.05. The Morgan fingerprint density at radius 3 is 1.20 bits per heavy atom. The van der Waals surface area contributed by atoms with Crippen LogP contribution in [0.5, 0.6) is 0 Å². The van der Waals surface area contributed by atoms with Crippen molar-refractivity contribution >= 4 is 20.2 Å². The van der Waals surface area contributed by atoms with Gasteiger partial charge < -0.3 is 0 Å². The van der Waals surface area contributed by atoms with Crippen LogP contribution in [0.3, 0.4) is 0 Å². The SMILES string of the molecule is CS(=O)(=O)O.[2H]CS(=O)(=O)O. The van der Waals surface area contributed by atoms with Crippen molar-refractivity contribution in [3.63, 3.8) is 0 Å². The second kappa shape index (κ2) is 3.86. The summed E-state index contributed by atoms with van der Waals surface area (Å²) in [6.45, 7) is 0. The minimum absolute atomic E-state index is 0.715. The summed E-state index contributed by atoms with van der Waals surface area (Å²) in [5, 5.41) is 0. The predicted molar refractivity (Wildman–Crippen MR) is 34.9 cm³/mol. The Balaban J connectivity index is 0. The molecule has 6 nitrogen and oxygen atoms in total. The Bertz CT molecular complexity index is 266. The first-order chi connectivity index (χ1) is 4.56. The highest BCUT2D eigenvalue weighted by molar-refractivity contribution is 7.85. The van der Waals surface area contributed by atoms with Crippen molar-refractivity contribution < 1.29 is 27.3 Å². The zero-order chi connectivity index (χ0) is 9.71. The lowest BCUT2D eigenvalue weighted by molar-refractivity contribution is 0.488.